The van der Waals surface area contributed by atoms with Gasteiger partial charge in [0.05, 0.1) is 12.1 Å². The third-order valence-electron chi connectivity index (χ3n) is 5.08. The molecule has 0 spiro atoms. The molecule has 0 aromatic carbocycles. The van der Waals surface area contributed by atoms with Crippen LogP contribution >= 0.6 is 11.8 Å². The number of aliphatic hydroxyl groups is 1. The quantitative estimate of drug-likeness (QED) is 0.274. The minimum Gasteiger partial charge on any atom is -0.480 e. The van der Waals surface area contributed by atoms with Gasteiger partial charge in [-0.05, 0) is 44.1 Å². The van der Waals surface area contributed by atoms with Gasteiger partial charge in [-0.3, -0.25) is 14.4 Å². The van der Waals surface area contributed by atoms with Gasteiger partial charge in [0.15, 0.2) is 0 Å². The number of thioether (sulfide) groups is 1. The number of carbonyl (C=O) groups is 4. The maximum absolute atomic E-state index is 12.9. The van der Waals surface area contributed by atoms with Crippen LogP contribution in [0.1, 0.15) is 40.0 Å². The summed E-state index contributed by atoms with van der Waals surface area (Å²) in [5, 5.41) is 24.5. The Labute approximate surface area is 181 Å². The van der Waals surface area contributed by atoms with E-state index in [-0.39, 0.29) is 12.5 Å². The number of nitrogens with one attached hydrogen (secondary N) is 2. The third-order valence-corrected chi connectivity index (χ3v) is 5.73. The minimum absolute atomic E-state index is 0.240. The average molecular weight is 447 g/mol. The molecule has 0 bridgehead atoms. The molecular formula is C19H34N4O6S. The summed E-state index contributed by atoms with van der Waals surface area (Å²) in [4.78, 5) is 50.6. The van der Waals surface area contributed by atoms with Gasteiger partial charge in [-0.25, -0.2) is 4.79 Å². The Hall–Kier alpha value is -1.85. The van der Waals surface area contributed by atoms with Crippen LogP contribution < -0.4 is 16.4 Å². The first-order valence-corrected chi connectivity index (χ1v) is 11.5. The molecule has 1 fully saturated rings. The summed E-state index contributed by atoms with van der Waals surface area (Å²) in [6, 6.07) is -4.02. The molecule has 5 atom stereocenters. The molecule has 172 valence electrons. The number of carboxylic acids is 1. The van der Waals surface area contributed by atoms with Crippen molar-refractivity contribution in [3.63, 3.8) is 0 Å². The molecule has 5 unspecified atom stereocenters. The zero-order chi connectivity index (χ0) is 23.0. The number of hydrogen-bond acceptors (Lipinski definition) is 7. The molecule has 0 radical (unpaired) electrons. The molecule has 0 aromatic heterocycles. The predicted molar refractivity (Wildman–Crippen MR) is 114 cm³/mol. The number of nitrogens with zero attached hydrogens (tertiary/aromatic N) is 1. The Balaban J connectivity index is 2.89. The van der Waals surface area contributed by atoms with Crippen molar-refractivity contribution in [2.75, 3.05) is 18.6 Å². The second-order valence-electron chi connectivity index (χ2n) is 7.87. The summed E-state index contributed by atoms with van der Waals surface area (Å²) in [5.74, 6) is -2.49. The first-order valence-electron chi connectivity index (χ1n) is 10.1. The summed E-state index contributed by atoms with van der Waals surface area (Å²) in [6.07, 6.45) is 1.96. The molecule has 0 aromatic rings. The van der Waals surface area contributed by atoms with E-state index in [2.05, 4.69) is 10.6 Å². The maximum atomic E-state index is 12.9. The SMILES string of the molecule is CSCCC(N)C(=O)NC(C(=O)NC(C(=O)N1CCCC1C(=O)O)C(C)O)C(C)C. The zero-order valence-corrected chi connectivity index (χ0v) is 18.8. The van der Waals surface area contributed by atoms with Crippen molar-refractivity contribution < 1.29 is 29.4 Å². The van der Waals surface area contributed by atoms with E-state index in [1.54, 1.807) is 25.6 Å². The number of carboxylic acid groups (broad SMARTS) is 1. The number of hydrogen-bond donors (Lipinski definition) is 5. The fourth-order valence-corrected chi connectivity index (χ4v) is 3.76. The van der Waals surface area contributed by atoms with E-state index in [4.69, 9.17) is 5.73 Å². The van der Waals surface area contributed by atoms with Gasteiger partial charge in [0.2, 0.25) is 17.7 Å². The van der Waals surface area contributed by atoms with Crippen molar-refractivity contribution in [1.82, 2.24) is 15.5 Å². The predicted octanol–water partition coefficient (Wildman–Crippen LogP) is -0.851. The molecule has 6 N–H and O–H groups in total. The fraction of sp³-hybridized carbons (Fsp3) is 0.789. The van der Waals surface area contributed by atoms with E-state index >= 15 is 0 Å². The Bertz CT molecular complexity index is 630. The van der Waals surface area contributed by atoms with Crippen LogP contribution in [-0.4, -0.2) is 87.6 Å². The maximum Gasteiger partial charge on any atom is 0.326 e. The lowest BCUT2D eigenvalue weighted by Gasteiger charge is -2.31. The Morgan fingerprint density at radius 1 is 1.13 bits per heavy atom. The van der Waals surface area contributed by atoms with Gasteiger partial charge < -0.3 is 31.5 Å². The first-order chi connectivity index (χ1) is 14.0. The fourth-order valence-electron chi connectivity index (χ4n) is 3.27. The molecule has 3 amide bonds. The highest BCUT2D eigenvalue weighted by Crippen LogP contribution is 2.19. The highest BCUT2D eigenvalue weighted by atomic mass is 32.2. The van der Waals surface area contributed by atoms with Crippen molar-refractivity contribution in [3.05, 3.63) is 0 Å². The van der Waals surface area contributed by atoms with Crippen LogP contribution in [0.15, 0.2) is 0 Å². The van der Waals surface area contributed by atoms with E-state index in [1.807, 2.05) is 6.26 Å². The molecular weight excluding hydrogens is 412 g/mol. The van der Waals surface area contributed by atoms with Crippen molar-refractivity contribution >= 4 is 35.5 Å². The Morgan fingerprint density at radius 3 is 2.23 bits per heavy atom. The molecule has 1 saturated heterocycles. The van der Waals surface area contributed by atoms with E-state index in [9.17, 15) is 29.4 Å². The third kappa shape index (κ3) is 7.13. The molecule has 1 aliphatic heterocycles. The van der Waals surface area contributed by atoms with Gasteiger partial charge in [0.1, 0.15) is 18.1 Å². The summed E-state index contributed by atoms with van der Waals surface area (Å²) in [6.45, 7) is 5.05. The molecule has 10 nitrogen and oxygen atoms in total. The minimum atomic E-state index is -1.32. The lowest BCUT2D eigenvalue weighted by molar-refractivity contribution is -0.150. The van der Waals surface area contributed by atoms with Gasteiger partial charge in [0, 0.05) is 6.54 Å². The number of amides is 3. The van der Waals surface area contributed by atoms with E-state index in [0.29, 0.717) is 25.0 Å². The number of rotatable bonds is 11. The molecule has 0 saturated carbocycles. The molecule has 30 heavy (non-hydrogen) atoms. The van der Waals surface area contributed by atoms with Crippen LogP contribution in [0.5, 0.6) is 0 Å². The number of aliphatic carboxylic acids is 1. The average Bonchev–Trinajstić information content (AvgIpc) is 3.17. The van der Waals surface area contributed by atoms with Gasteiger partial charge >= 0.3 is 5.97 Å². The van der Waals surface area contributed by atoms with Gasteiger partial charge in [-0.15, -0.1) is 0 Å². The van der Waals surface area contributed by atoms with Gasteiger partial charge in [-0.1, -0.05) is 13.8 Å². The Kier molecular flexibility index (Phi) is 10.6. The van der Waals surface area contributed by atoms with Crippen molar-refractivity contribution in [2.45, 2.75) is 70.3 Å². The van der Waals surface area contributed by atoms with Crippen LogP contribution in [-0.2, 0) is 19.2 Å². The molecule has 1 aliphatic rings. The first kappa shape index (κ1) is 26.2. The van der Waals surface area contributed by atoms with Crippen LogP contribution in [0.2, 0.25) is 0 Å². The normalized spacial score (nSPS) is 20.4. The molecule has 1 rings (SSSR count). The summed E-state index contributed by atoms with van der Waals surface area (Å²) in [7, 11) is 0. The van der Waals surface area contributed by atoms with Crippen LogP contribution in [0.3, 0.4) is 0 Å². The second-order valence-corrected chi connectivity index (χ2v) is 8.86. The Morgan fingerprint density at radius 2 is 1.73 bits per heavy atom. The largest absolute Gasteiger partial charge is 0.480 e. The zero-order valence-electron chi connectivity index (χ0n) is 18.0. The van der Waals surface area contributed by atoms with E-state index in [0.717, 1.165) is 0 Å². The molecule has 11 heteroatoms. The number of aliphatic hydroxyl groups excluding tert-OH is 1. The van der Waals surface area contributed by atoms with Crippen molar-refractivity contribution in [1.29, 1.82) is 0 Å². The summed E-state index contributed by atoms with van der Waals surface area (Å²) in [5.41, 5.74) is 5.86. The van der Waals surface area contributed by atoms with Crippen molar-refractivity contribution in [3.8, 4) is 0 Å². The summed E-state index contributed by atoms with van der Waals surface area (Å²) >= 11 is 1.56. The smallest absolute Gasteiger partial charge is 0.326 e. The summed E-state index contributed by atoms with van der Waals surface area (Å²) < 4.78 is 0. The molecule has 1 heterocycles. The van der Waals surface area contributed by atoms with E-state index in [1.165, 1.54) is 11.8 Å². The highest BCUT2D eigenvalue weighted by Gasteiger charge is 2.40. The van der Waals surface area contributed by atoms with Crippen molar-refractivity contribution in [2.24, 2.45) is 11.7 Å². The van der Waals surface area contributed by atoms with Crippen LogP contribution in [0, 0.1) is 5.92 Å². The second kappa shape index (κ2) is 12.1. The van der Waals surface area contributed by atoms with Crippen LogP contribution in [0.4, 0.5) is 0 Å². The number of nitrogens with two attached hydrogens (primary N) is 1. The lowest BCUT2D eigenvalue weighted by Crippen LogP contribution is -2.60. The van der Waals surface area contributed by atoms with Gasteiger partial charge in [0.25, 0.3) is 0 Å². The topological polar surface area (TPSA) is 162 Å². The molecule has 0 aliphatic carbocycles. The monoisotopic (exact) mass is 446 g/mol. The standard InChI is InChI=1S/C19H34N4O6S/c1-10(2)14(21-16(25)12(20)7-9-30-4)17(26)22-15(11(3)24)18(27)23-8-5-6-13(23)19(28)29/h10-15,24H,5-9,20H2,1-4H3,(H,21,25)(H,22,26)(H,28,29). The highest BCUT2D eigenvalue weighted by molar-refractivity contribution is 7.98. The number of carbonyl (C=O) groups excluding carboxylic acids is 3. The number of likely N-dealkylation sites (tertiary alicyclic amines) is 1. The van der Waals surface area contributed by atoms with E-state index < -0.39 is 54.0 Å². The lowest BCUT2D eigenvalue weighted by atomic mass is 10.0. The van der Waals surface area contributed by atoms with Gasteiger partial charge in [-0.2, -0.15) is 11.8 Å². The van der Waals surface area contributed by atoms with Crippen LogP contribution in [0.25, 0.3) is 0 Å².